The average Bonchev–Trinajstić information content (AvgIpc) is 2.38. The van der Waals surface area contributed by atoms with E-state index in [1.807, 2.05) is 42.5 Å². The van der Waals surface area contributed by atoms with Crippen LogP contribution in [-0.2, 0) is 16.1 Å². The highest BCUT2D eigenvalue weighted by atomic mass is 16.7. The summed E-state index contributed by atoms with van der Waals surface area (Å²) in [6, 6.07) is 10.0. The summed E-state index contributed by atoms with van der Waals surface area (Å²) in [5.41, 5.74) is 1.15. The van der Waals surface area contributed by atoms with Gasteiger partial charge in [-0.15, -0.1) is 0 Å². The van der Waals surface area contributed by atoms with Crippen LogP contribution in [-0.4, -0.2) is 25.1 Å². The lowest BCUT2D eigenvalue weighted by molar-refractivity contribution is -0.0600. The van der Waals surface area contributed by atoms with E-state index in [9.17, 15) is 0 Å². The Labute approximate surface area is 103 Å². The van der Waals surface area contributed by atoms with Gasteiger partial charge in [-0.05, 0) is 18.4 Å². The van der Waals surface area contributed by atoms with E-state index in [1.165, 1.54) is 0 Å². The standard InChI is InChI=1S/C14H20O3/c15-10-6-1-2-7-11-16-13-17-12-14-8-4-3-5-9-14/h1-5,8-9,15H,6-7,10-13H2/b2-1-. The van der Waals surface area contributed by atoms with E-state index < -0.39 is 0 Å². The Morgan fingerprint density at radius 3 is 2.53 bits per heavy atom. The van der Waals surface area contributed by atoms with Crippen LogP contribution in [0.1, 0.15) is 18.4 Å². The molecule has 1 aromatic carbocycles. The summed E-state index contributed by atoms with van der Waals surface area (Å²) in [5, 5.41) is 8.54. The number of ether oxygens (including phenoxy) is 2. The second kappa shape index (κ2) is 10.0. The fourth-order valence-electron chi connectivity index (χ4n) is 1.31. The van der Waals surface area contributed by atoms with Gasteiger partial charge < -0.3 is 14.6 Å². The van der Waals surface area contributed by atoms with Crippen molar-refractivity contribution in [3.63, 3.8) is 0 Å². The Morgan fingerprint density at radius 1 is 1.00 bits per heavy atom. The first-order valence-corrected chi connectivity index (χ1v) is 5.88. The predicted octanol–water partition coefficient (Wildman–Crippen LogP) is 2.51. The summed E-state index contributed by atoms with van der Waals surface area (Å²) in [6.07, 6.45) is 5.53. The minimum Gasteiger partial charge on any atom is -0.396 e. The lowest BCUT2D eigenvalue weighted by Gasteiger charge is -2.04. The molecule has 0 amide bonds. The molecule has 0 unspecified atom stereocenters. The van der Waals surface area contributed by atoms with Crippen LogP contribution in [0, 0.1) is 0 Å². The Balaban J connectivity index is 1.91. The van der Waals surface area contributed by atoms with Gasteiger partial charge in [0.15, 0.2) is 0 Å². The smallest absolute Gasteiger partial charge is 0.147 e. The molecule has 0 saturated heterocycles. The van der Waals surface area contributed by atoms with E-state index in [2.05, 4.69) is 0 Å². The number of aliphatic hydroxyl groups is 1. The highest BCUT2D eigenvalue weighted by molar-refractivity contribution is 5.13. The molecular formula is C14H20O3. The van der Waals surface area contributed by atoms with Crippen LogP contribution in [0.5, 0.6) is 0 Å². The maximum Gasteiger partial charge on any atom is 0.147 e. The van der Waals surface area contributed by atoms with Gasteiger partial charge in [-0.25, -0.2) is 0 Å². The Morgan fingerprint density at radius 2 is 1.76 bits per heavy atom. The van der Waals surface area contributed by atoms with Crippen molar-refractivity contribution in [3.8, 4) is 0 Å². The summed E-state index contributed by atoms with van der Waals surface area (Å²) in [7, 11) is 0. The van der Waals surface area contributed by atoms with Gasteiger partial charge in [0.1, 0.15) is 6.79 Å². The molecule has 0 spiro atoms. The monoisotopic (exact) mass is 236 g/mol. The van der Waals surface area contributed by atoms with Crippen LogP contribution in [0.4, 0.5) is 0 Å². The van der Waals surface area contributed by atoms with Crippen molar-refractivity contribution in [3.05, 3.63) is 48.0 Å². The van der Waals surface area contributed by atoms with Gasteiger partial charge in [0.25, 0.3) is 0 Å². The van der Waals surface area contributed by atoms with Crippen molar-refractivity contribution in [1.82, 2.24) is 0 Å². The molecule has 3 heteroatoms. The summed E-state index contributed by atoms with van der Waals surface area (Å²) >= 11 is 0. The maximum atomic E-state index is 8.54. The first-order chi connectivity index (χ1) is 8.43. The van der Waals surface area contributed by atoms with Crippen LogP contribution < -0.4 is 0 Å². The molecule has 0 saturated carbocycles. The summed E-state index contributed by atoms with van der Waals surface area (Å²) < 4.78 is 10.7. The zero-order valence-electron chi connectivity index (χ0n) is 10.0. The highest BCUT2D eigenvalue weighted by Gasteiger charge is 1.91. The lowest BCUT2D eigenvalue weighted by Crippen LogP contribution is -2.01. The van der Waals surface area contributed by atoms with Gasteiger partial charge in [0.2, 0.25) is 0 Å². The van der Waals surface area contributed by atoms with Crippen LogP contribution in [0.25, 0.3) is 0 Å². The Bertz CT molecular complexity index is 296. The molecule has 3 nitrogen and oxygen atoms in total. The molecule has 1 N–H and O–H groups in total. The quantitative estimate of drug-likeness (QED) is 0.407. The third kappa shape index (κ3) is 7.69. The van der Waals surface area contributed by atoms with E-state index >= 15 is 0 Å². The first-order valence-electron chi connectivity index (χ1n) is 5.88. The Hall–Kier alpha value is -1.16. The van der Waals surface area contributed by atoms with Gasteiger partial charge in [0, 0.05) is 6.61 Å². The van der Waals surface area contributed by atoms with E-state index in [0.717, 1.165) is 12.0 Å². The normalized spacial score (nSPS) is 11.1. The molecule has 0 aliphatic heterocycles. The van der Waals surface area contributed by atoms with Gasteiger partial charge in [-0.1, -0.05) is 42.5 Å². The van der Waals surface area contributed by atoms with Gasteiger partial charge in [-0.3, -0.25) is 0 Å². The molecule has 0 radical (unpaired) electrons. The van der Waals surface area contributed by atoms with E-state index in [1.54, 1.807) is 0 Å². The molecule has 0 aliphatic rings. The Kier molecular flexibility index (Phi) is 8.20. The highest BCUT2D eigenvalue weighted by Crippen LogP contribution is 2.00. The second-order valence-electron chi connectivity index (χ2n) is 3.63. The molecule has 0 heterocycles. The third-order valence-corrected chi connectivity index (χ3v) is 2.17. The zero-order valence-corrected chi connectivity index (χ0v) is 10.0. The minimum atomic E-state index is 0.206. The van der Waals surface area contributed by atoms with Crippen molar-refractivity contribution in [2.45, 2.75) is 19.4 Å². The summed E-state index contributed by atoms with van der Waals surface area (Å²) in [5.74, 6) is 0. The van der Waals surface area contributed by atoms with Crippen LogP contribution in [0.2, 0.25) is 0 Å². The van der Waals surface area contributed by atoms with Crippen LogP contribution in [0.3, 0.4) is 0 Å². The minimum absolute atomic E-state index is 0.206. The van der Waals surface area contributed by atoms with Crippen molar-refractivity contribution < 1.29 is 14.6 Å². The summed E-state index contributed by atoms with van der Waals surface area (Å²) in [4.78, 5) is 0. The van der Waals surface area contributed by atoms with Crippen LogP contribution >= 0.6 is 0 Å². The number of rotatable bonds is 9. The number of aliphatic hydroxyl groups excluding tert-OH is 1. The maximum absolute atomic E-state index is 8.54. The second-order valence-corrected chi connectivity index (χ2v) is 3.63. The molecular weight excluding hydrogens is 216 g/mol. The fraction of sp³-hybridized carbons (Fsp3) is 0.429. The number of hydrogen-bond donors (Lipinski definition) is 1. The predicted molar refractivity (Wildman–Crippen MR) is 67.5 cm³/mol. The topological polar surface area (TPSA) is 38.7 Å². The van der Waals surface area contributed by atoms with Gasteiger partial charge in [-0.2, -0.15) is 0 Å². The molecule has 17 heavy (non-hydrogen) atoms. The van der Waals surface area contributed by atoms with E-state index in [0.29, 0.717) is 26.4 Å². The van der Waals surface area contributed by atoms with Crippen molar-refractivity contribution in [2.24, 2.45) is 0 Å². The molecule has 0 aliphatic carbocycles. The number of hydrogen-bond acceptors (Lipinski definition) is 3. The molecule has 0 aromatic heterocycles. The fourth-order valence-corrected chi connectivity index (χ4v) is 1.31. The molecule has 1 aromatic rings. The summed E-state index contributed by atoms with van der Waals surface area (Å²) in [6.45, 7) is 1.76. The molecule has 0 fully saturated rings. The lowest BCUT2D eigenvalue weighted by atomic mass is 10.2. The van der Waals surface area contributed by atoms with E-state index in [4.69, 9.17) is 14.6 Å². The molecule has 0 bridgehead atoms. The van der Waals surface area contributed by atoms with E-state index in [-0.39, 0.29) is 6.61 Å². The average molecular weight is 236 g/mol. The largest absolute Gasteiger partial charge is 0.396 e. The third-order valence-electron chi connectivity index (χ3n) is 2.17. The SMILES string of the molecule is OCC/C=C\CCOCOCc1ccccc1. The van der Waals surface area contributed by atoms with Gasteiger partial charge >= 0.3 is 0 Å². The molecule has 0 atom stereocenters. The van der Waals surface area contributed by atoms with Crippen molar-refractivity contribution in [2.75, 3.05) is 20.0 Å². The number of benzene rings is 1. The molecule has 1 rings (SSSR count). The van der Waals surface area contributed by atoms with Crippen molar-refractivity contribution in [1.29, 1.82) is 0 Å². The van der Waals surface area contributed by atoms with Gasteiger partial charge in [0.05, 0.1) is 13.2 Å². The zero-order chi connectivity index (χ0) is 12.2. The van der Waals surface area contributed by atoms with Crippen LogP contribution in [0.15, 0.2) is 42.5 Å². The molecule has 94 valence electrons. The first kappa shape index (κ1) is 13.9. The van der Waals surface area contributed by atoms with Crippen molar-refractivity contribution >= 4 is 0 Å².